The molecule has 34 heavy (non-hydrogen) atoms. The molecule has 8 heteroatoms. The van der Waals surface area contributed by atoms with E-state index in [2.05, 4.69) is 4.90 Å². The number of ketones is 1. The summed E-state index contributed by atoms with van der Waals surface area (Å²) in [7, 11) is 1.51. The van der Waals surface area contributed by atoms with Gasteiger partial charge in [0.2, 0.25) is 0 Å². The van der Waals surface area contributed by atoms with E-state index in [0.717, 1.165) is 13.1 Å². The van der Waals surface area contributed by atoms with Crippen LogP contribution in [0.3, 0.4) is 0 Å². The zero-order valence-corrected chi connectivity index (χ0v) is 20.1. The van der Waals surface area contributed by atoms with Gasteiger partial charge in [-0.15, -0.1) is 0 Å². The fourth-order valence-corrected chi connectivity index (χ4v) is 4.14. The van der Waals surface area contributed by atoms with Crippen LogP contribution in [0.1, 0.15) is 37.9 Å². The molecule has 1 aliphatic heterocycles. The summed E-state index contributed by atoms with van der Waals surface area (Å²) in [6, 6.07) is 10.6. The summed E-state index contributed by atoms with van der Waals surface area (Å²) in [6.07, 6.45) is 0. The molecule has 1 heterocycles. The molecule has 1 atom stereocenters. The number of hydrogen-bond donors (Lipinski definition) is 2. The van der Waals surface area contributed by atoms with Crippen molar-refractivity contribution in [2.45, 2.75) is 26.8 Å². The van der Waals surface area contributed by atoms with Gasteiger partial charge in [-0.2, -0.15) is 0 Å². The van der Waals surface area contributed by atoms with E-state index in [1.54, 1.807) is 43.3 Å². The Labute approximate surface area is 200 Å². The molecule has 0 spiro atoms. The Morgan fingerprint density at radius 1 is 1.09 bits per heavy atom. The van der Waals surface area contributed by atoms with Crippen molar-refractivity contribution in [1.82, 2.24) is 9.80 Å². The number of hydrogen-bond acceptors (Lipinski definition) is 7. The van der Waals surface area contributed by atoms with E-state index >= 15 is 0 Å². The molecule has 3 rings (SSSR count). The van der Waals surface area contributed by atoms with Crippen LogP contribution in [0.15, 0.2) is 48.0 Å². The summed E-state index contributed by atoms with van der Waals surface area (Å²) in [5.74, 6) is -0.990. The van der Waals surface area contributed by atoms with Crippen LogP contribution in [-0.4, -0.2) is 71.6 Å². The number of methoxy groups -OCH3 is 1. The van der Waals surface area contributed by atoms with Crippen molar-refractivity contribution in [3.05, 3.63) is 59.2 Å². The van der Waals surface area contributed by atoms with Gasteiger partial charge in [-0.3, -0.25) is 9.59 Å². The number of Topliss-reactive ketones (excluding diaryl/α,β-unsaturated/α-hetero) is 1. The Morgan fingerprint density at radius 2 is 1.82 bits per heavy atom. The predicted molar refractivity (Wildman–Crippen MR) is 129 cm³/mol. The smallest absolute Gasteiger partial charge is 0.295 e. The van der Waals surface area contributed by atoms with Crippen LogP contribution in [0.2, 0.25) is 0 Å². The van der Waals surface area contributed by atoms with E-state index in [1.165, 1.54) is 18.1 Å². The topological polar surface area (TPSA) is 99.5 Å². The third-order valence-electron chi connectivity index (χ3n) is 6.03. The van der Waals surface area contributed by atoms with Gasteiger partial charge in [0.05, 0.1) is 25.3 Å². The summed E-state index contributed by atoms with van der Waals surface area (Å²) in [5.41, 5.74) is 0.922. The Hall–Kier alpha value is -3.52. The second kappa shape index (κ2) is 11.1. The first-order valence-electron chi connectivity index (χ1n) is 11.5. The molecule has 0 bridgehead atoms. The van der Waals surface area contributed by atoms with Crippen molar-refractivity contribution >= 4 is 17.4 Å². The summed E-state index contributed by atoms with van der Waals surface area (Å²) in [4.78, 5) is 30.0. The lowest BCUT2D eigenvalue weighted by atomic mass is 9.95. The van der Waals surface area contributed by atoms with Crippen molar-refractivity contribution in [3.63, 3.8) is 0 Å². The highest BCUT2D eigenvalue weighted by Crippen LogP contribution is 2.42. The number of likely N-dealkylation sites (tertiary alicyclic amines) is 1. The third kappa shape index (κ3) is 5.02. The van der Waals surface area contributed by atoms with E-state index in [0.29, 0.717) is 36.6 Å². The number of aliphatic hydroxyl groups excluding tert-OH is 1. The standard InChI is InChI=1S/C26H32N2O6/c1-5-27(6-2)13-14-28-23(17-11-12-20(29)21(16-17)34-7-3)22(25(31)26(28)32)24(30)18-9-8-10-19(15-18)33-4/h8-12,15-16,23,29-30H,5-7,13-14H2,1-4H3. The lowest BCUT2D eigenvalue weighted by Gasteiger charge is -2.28. The lowest BCUT2D eigenvalue weighted by Crippen LogP contribution is -2.38. The Morgan fingerprint density at radius 3 is 2.47 bits per heavy atom. The van der Waals surface area contributed by atoms with E-state index in [1.807, 2.05) is 13.8 Å². The fourth-order valence-electron chi connectivity index (χ4n) is 4.14. The fraction of sp³-hybridized carbons (Fsp3) is 0.385. The molecule has 1 aliphatic rings. The van der Waals surface area contributed by atoms with Crippen LogP contribution in [-0.2, 0) is 9.59 Å². The van der Waals surface area contributed by atoms with Gasteiger partial charge < -0.3 is 29.5 Å². The number of phenolic OH excluding ortho intramolecular Hbond substituents is 1. The first-order valence-corrected chi connectivity index (χ1v) is 11.5. The van der Waals surface area contributed by atoms with Gasteiger partial charge in [0.1, 0.15) is 11.5 Å². The average molecular weight is 469 g/mol. The van der Waals surface area contributed by atoms with E-state index in [-0.39, 0.29) is 22.8 Å². The SMILES string of the molecule is CCOc1cc(C2C(=C(O)c3cccc(OC)c3)C(=O)C(=O)N2CCN(CC)CC)ccc1O. The number of amides is 1. The number of carbonyl (C=O) groups excluding carboxylic acids is 2. The predicted octanol–water partition coefficient (Wildman–Crippen LogP) is 3.56. The van der Waals surface area contributed by atoms with Gasteiger partial charge in [0, 0.05) is 18.7 Å². The molecule has 1 saturated heterocycles. The molecular weight excluding hydrogens is 436 g/mol. The van der Waals surface area contributed by atoms with Crippen molar-refractivity contribution in [1.29, 1.82) is 0 Å². The molecule has 1 amide bonds. The summed E-state index contributed by atoms with van der Waals surface area (Å²) >= 11 is 0. The second-order valence-corrected chi connectivity index (χ2v) is 7.91. The van der Waals surface area contributed by atoms with Crippen LogP contribution in [0, 0.1) is 0 Å². The van der Waals surface area contributed by atoms with Gasteiger partial charge in [-0.25, -0.2) is 0 Å². The third-order valence-corrected chi connectivity index (χ3v) is 6.03. The number of aliphatic hydroxyl groups is 1. The minimum Gasteiger partial charge on any atom is -0.507 e. The van der Waals surface area contributed by atoms with E-state index in [9.17, 15) is 19.8 Å². The molecule has 182 valence electrons. The van der Waals surface area contributed by atoms with E-state index in [4.69, 9.17) is 9.47 Å². The molecule has 1 unspecified atom stereocenters. The molecule has 2 N–H and O–H groups in total. The normalized spacial score (nSPS) is 17.4. The molecule has 0 radical (unpaired) electrons. The average Bonchev–Trinajstić information content (AvgIpc) is 3.10. The molecule has 0 saturated carbocycles. The van der Waals surface area contributed by atoms with Crippen molar-refractivity contribution in [3.8, 4) is 17.2 Å². The Kier molecular flexibility index (Phi) is 8.17. The molecule has 1 fully saturated rings. The van der Waals surface area contributed by atoms with Crippen LogP contribution in [0.5, 0.6) is 17.2 Å². The molecule has 2 aromatic carbocycles. The maximum absolute atomic E-state index is 13.2. The molecule has 0 aromatic heterocycles. The lowest BCUT2D eigenvalue weighted by molar-refractivity contribution is -0.140. The van der Waals surface area contributed by atoms with Gasteiger partial charge in [0.15, 0.2) is 11.5 Å². The second-order valence-electron chi connectivity index (χ2n) is 7.91. The number of carbonyl (C=O) groups is 2. The number of nitrogens with zero attached hydrogens (tertiary/aromatic N) is 2. The van der Waals surface area contributed by atoms with Crippen molar-refractivity contribution in [2.75, 3.05) is 39.9 Å². The number of aromatic hydroxyl groups is 1. The molecule has 8 nitrogen and oxygen atoms in total. The number of ether oxygens (including phenoxy) is 2. The van der Waals surface area contributed by atoms with Crippen molar-refractivity contribution < 1.29 is 29.3 Å². The highest BCUT2D eigenvalue weighted by atomic mass is 16.5. The van der Waals surface area contributed by atoms with Crippen LogP contribution in [0.25, 0.3) is 5.76 Å². The summed E-state index contributed by atoms with van der Waals surface area (Å²) < 4.78 is 10.8. The zero-order valence-electron chi connectivity index (χ0n) is 20.1. The monoisotopic (exact) mass is 468 g/mol. The van der Waals surface area contributed by atoms with E-state index < -0.39 is 17.7 Å². The first kappa shape index (κ1) is 25.1. The highest BCUT2D eigenvalue weighted by Gasteiger charge is 2.46. The number of rotatable bonds is 10. The van der Waals surface area contributed by atoms with Gasteiger partial charge >= 0.3 is 0 Å². The minimum atomic E-state index is -0.832. The molecular formula is C26H32N2O6. The van der Waals surface area contributed by atoms with Crippen LogP contribution >= 0.6 is 0 Å². The summed E-state index contributed by atoms with van der Waals surface area (Å²) in [6.45, 7) is 8.69. The highest BCUT2D eigenvalue weighted by molar-refractivity contribution is 6.46. The van der Waals surface area contributed by atoms with Crippen LogP contribution < -0.4 is 9.47 Å². The molecule has 0 aliphatic carbocycles. The largest absolute Gasteiger partial charge is 0.507 e. The van der Waals surface area contributed by atoms with Crippen LogP contribution in [0.4, 0.5) is 0 Å². The summed E-state index contributed by atoms with van der Waals surface area (Å²) in [5, 5.41) is 21.4. The molecule has 2 aromatic rings. The Bertz CT molecular complexity index is 1080. The maximum Gasteiger partial charge on any atom is 0.295 e. The van der Waals surface area contributed by atoms with Gasteiger partial charge in [-0.05, 0) is 49.8 Å². The van der Waals surface area contributed by atoms with Gasteiger partial charge in [-0.1, -0.05) is 32.0 Å². The number of phenols is 1. The minimum absolute atomic E-state index is 0.00839. The zero-order chi connectivity index (χ0) is 24.8. The van der Waals surface area contributed by atoms with Gasteiger partial charge in [0.25, 0.3) is 11.7 Å². The maximum atomic E-state index is 13.2. The quantitative estimate of drug-likeness (QED) is 0.312. The van der Waals surface area contributed by atoms with Crippen molar-refractivity contribution in [2.24, 2.45) is 0 Å². The number of likely N-dealkylation sites (N-methyl/N-ethyl adjacent to an activating group) is 1. The Balaban J connectivity index is 2.15. The first-order chi connectivity index (χ1) is 16.4. The number of benzene rings is 2.